The molecule has 2 aromatic carbocycles. The van der Waals surface area contributed by atoms with Gasteiger partial charge < -0.3 is 19.9 Å². The van der Waals surface area contributed by atoms with Crippen molar-refractivity contribution in [3.8, 4) is 16.9 Å². The average molecular weight is 506 g/mol. The van der Waals surface area contributed by atoms with Crippen molar-refractivity contribution in [1.29, 1.82) is 0 Å². The van der Waals surface area contributed by atoms with Crippen molar-refractivity contribution in [2.75, 3.05) is 11.9 Å². The van der Waals surface area contributed by atoms with Crippen molar-refractivity contribution >= 4 is 49.5 Å². The highest BCUT2D eigenvalue weighted by Gasteiger charge is 2.33. The van der Waals surface area contributed by atoms with E-state index in [-0.39, 0.29) is 5.91 Å². The first-order valence-corrected chi connectivity index (χ1v) is 12.5. The highest BCUT2D eigenvalue weighted by molar-refractivity contribution is 7.23. The Morgan fingerprint density at radius 2 is 2.03 bits per heavy atom. The number of benzene rings is 2. The van der Waals surface area contributed by atoms with Gasteiger partial charge in [0.05, 0.1) is 27.9 Å². The third-order valence-corrected chi connectivity index (χ3v) is 7.01. The molecular weight excluding hydrogens is 478 g/mol. The van der Waals surface area contributed by atoms with Gasteiger partial charge in [-0.25, -0.2) is 9.78 Å². The highest BCUT2D eigenvalue weighted by atomic mass is 32.1. The molecule has 0 bridgehead atoms. The van der Waals surface area contributed by atoms with Crippen LogP contribution in [0, 0.1) is 6.92 Å². The summed E-state index contributed by atoms with van der Waals surface area (Å²) in [6, 6.07) is 7.68. The molecule has 2 N–H and O–H groups in total. The molecule has 1 aliphatic heterocycles. The summed E-state index contributed by atoms with van der Waals surface area (Å²) in [7, 11) is 0. The topological polar surface area (TPSA) is 111 Å². The first kappa shape index (κ1) is 24.1. The number of nitrogens with one attached hydrogen (secondary N) is 1. The van der Waals surface area contributed by atoms with Crippen LogP contribution in [0.25, 0.3) is 32.2 Å². The summed E-state index contributed by atoms with van der Waals surface area (Å²) in [5, 5.41) is 14.4. The molecule has 8 nitrogen and oxygen atoms in total. The molecular formula is C27H27N3O5S. The Balaban J connectivity index is 1.89. The monoisotopic (exact) mass is 505 g/mol. The van der Waals surface area contributed by atoms with Gasteiger partial charge in [-0.1, -0.05) is 11.3 Å². The van der Waals surface area contributed by atoms with Crippen LogP contribution in [0.2, 0.25) is 0 Å². The molecule has 0 radical (unpaired) electrons. The molecule has 1 unspecified atom stereocenters. The van der Waals surface area contributed by atoms with E-state index < -0.39 is 17.7 Å². The molecule has 0 spiro atoms. The van der Waals surface area contributed by atoms with Crippen LogP contribution < -0.4 is 10.1 Å². The number of nitrogens with zero attached hydrogens (tertiary/aromatic N) is 2. The second-order valence-electron chi connectivity index (χ2n) is 9.88. The van der Waals surface area contributed by atoms with Gasteiger partial charge >= 0.3 is 5.97 Å². The fourth-order valence-electron chi connectivity index (χ4n) is 4.71. The number of pyridine rings is 1. The maximum atomic E-state index is 12.6. The Hall–Kier alpha value is -3.56. The number of rotatable bonds is 5. The third-order valence-electron chi connectivity index (χ3n) is 6.01. The van der Waals surface area contributed by atoms with Gasteiger partial charge in [0.2, 0.25) is 5.91 Å². The van der Waals surface area contributed by atoms with Crippen molar-refractivity contribution in [3.05, 3.63) is 47.2 Å². The van der Waals surface area contributed by atoms with Gasteiger partial charge in [0.1, 0.15) is 5.75 Å². The van der Waals surface area contributed by atoms with Crippen LogP contribution in [0.1, 0.15) is 50.5 Å². The van der Waals surface area contributed by atoms with Crippen LogP contribution in [0.15, 0.2) is 30.5 Å². The fourth-order valence-corrected chi connectivity index (χ4v) is 5.77. The summed E-state index contributed by atoms with van der Waals surface area (Å²) in [6.45, 7) is 9.38. The molecule has 186 valence electrons. The van der Waals surface area contributed by atoms with E-state index >= 15 is 0 Å². The molecule has 1 aliphatic rings. The summed E-state index contributed by atoms with van der Waals surface area (Å²) in [6.07, 6.45) is 1.32. The van der Waals surface area contributed by atoms with Crippen LogP contribution >= 0.6 is 11.3 Å². The van der Waals surface area contributed by atoms with Gasteiger partial charge in [0, 0.05) is 41.6 Å². The quantitative estimate of drug-likeness (QED) is 0.360. The van der Waals surface area contributed by atoms with Crippen LogP contribution in [0.5, 0.6) is 5.75 Å². The van der Waals surface area contributed by atoms with Gasteiger partial charge in [-0.05, 0) is 63.1 Å². The number of fused-ring (bicyclic) bond motifs is 1. The van der Waals surface area contributed by atoms with E-state index in [4.69, 9.17) is 14.5 Å². The number of aliphatic carboxylic acids is 1. The Bertz CT molecular complexity index is 1530. The first-order chi connectivity index (χ1) is 17.0. The van der Waals surface area contributed by atoms with E-state index in [9.17, 15) is 14.7 Å². The molecule has 1 amide bonds. The molecule has 0 saturated carbocycles. The number of carboxylic acid groups (broad SMARTS) is 1. The summed E-state index contributed by atoms with van der Waals surface area (Å²) >= 11 is 1.30. The zero-order valence-electron chi connectivity index (χ0n) is 20.8. The lowest BCUT2D eigenvalue weighted by molar-refractivity contribution is -0.160. The number of thiazole rings is 1. The van der Waals surface area contributed by atoms with Crippen LogP contribution in [0.3, 0.4) is 0 Å². The molecule has 0 aliphatic carbocycles. The number of carboxylic acids is 1. The number of hydrogen-bond acceptors (Lipinski definition) is 7. The molecule has 9 heteroatoms. The van der Waals surface area contributed by atoms with Crippen molar-refractivity contribution in [1.82, 2.24) is 9.97 Å². The second-order valence-corrected chi connectivity index (χ2v) is 10.9. The van der Waals surface area contributed by atoms with Gasteiger partial charge in [-0.2, -0.15) is 0 Å². The number of carbonyl (C=O) groups is 2. The first-order valence-electron chi connectivity index (χ1n) is 11.7. The summed E-state index contributed by atoms with van der Waals surface area (Å²) in [5.41, 5.74) is 4.56. The van der Waals surface area contributed by atoms with Crippen LogP contribution in [0.4, 0.5) is 5.13 Å². The lowest BCUT2D eigenvalue weighted by Gasteiger charge is -2.28. The predicted molar refractivity (Wildman–Crippen MR) is 140 cm³/mol. The summed E-state index contributed by atoms with van der Waals surface area (Å²) < 4.78 is 12.8. The largest absolute Gasteiger partial charge is 0.493 e. The van der Waals surface area contributed by atoms with E-state index in [1.807, 2.05) is 52.0 Å². The maximum absolute atomic E-state index is 12.6. The third kappa shape index (κ3) is 4.29. The summed E-state index contributed by atoms with van der Waals surface area (Å²) in [5.74, 6) is -0.552. The van der Waals surface area contributed by atoms with E-state index in [0.29, 0.717) is 28.4 Å². The number of amides is 1. The number of ether oxygens (including phenoxy) is 2. The molecule has 1 atom stereocenters. The number of hydrogen-bond donors (Lipinski definition) is 2. The number of anilines is 1. The minimum Gasteiger partial charge on any atom is -0.493 e. The van der Waals surface area contributed by atoms with Crippen molar-refractivity contribution in [2.45, 2.75) is 52.7 Å². The smallest absolute Gasteiger partial charge is 0.337 e. The van der Waals surface area contributed by atoms with Crippen molar-refractivity contribution in [2.24, 2.45) is 0 Å². The van der Waals surface area contributed by atoms with Gasteiger partial charge in [0.25, 0.3) is 0 Å². The maximum Gasteiger partial charge on any atom is 0.337 e. The Kier molecular flexibility index (Phi) is 5.92. The van der Waals surface area contributed by atoms with Gasteiger partial charge in [-0.3, -0.25) is 9.78 Å². The van der Waals surface area contributed by atoms with Gasteiger partial charge in [0.15, 0.2) is 11.2 Å². The van der Waals surface area contributed by atoms with E-state index in [1.165, 1.54) is 18.3 Å². The zero-order chi connectivity index (χ0) is 25.8. The SMILES string of the molecule is CC(=O)Nc1nc2cc(C)c(C(OC(C)(C)C)C(=O)O)c(-c3ccc4c5c(ccnc35)CCO4)c2s1. The zero-order valence-corrected chi connectivity index (χ0v) is 21.6. The number of aromatic nitrogens is 2. The molecule has 36 heavy (non-hydrogen) atoms. The fraction of sp³-hybridized carbons (Fsp3) is 0.333. The number of carbonyl (C=O) groups excluding carboxylic acids is 1. The predicted octanol–water partition coefficient (Wildman–Crippen LogP) is 5.65. The highest BCUT2D eigenvalue weighted by Crippen LogP contribution is 2.47. The minimum atomic E-state index is -1.22. The molecule has 2 aromatic heterocycles. The Morgan fingerprint density at radius 3 is 2.72 bits per heavy atom. The Morgan fingerprint density at radius 1 is 1.25 bits per heavy atom. The van der Waals surface area contributed by atoms with Crippen LogP contribution in [-0.2, 0) is 20.7 Å². The minimum absolute atomic E-state index is 0.229. The van der Waals surface area contributed by atoms with Crippen LogP contribution in [-0.4, -0.2) is 39.2 Å². The molecule has 0 saturated heterocycles. The van der Waals surface area contributed by atoms with Gasteiger partial charge in [-0.15, -0.1) is 0 Å². The molecule has 3 heterocycles. The van der Waals surface area contributed by atoms with Crippen molar-refractivity contribution < 1.29 is 24.2 Å². The number of aryl methyl sites for hydroxylation is 1. The van der Waals surface area contributed by atoms with E-state index in [1.54, 1.807) is 6.20 Å². The summed E-state index contributed by atoms with van der Waals surface area (Å²) in [4.78, 5) is 33.7. The lowest BCUT2D eigenvalue weighted by Crippen LogP contribution is -2.28. The standard InChI is InChI=1S/C27H27N3O5S/c1-13-12-17-24(36-26(30-17)29-14(2)31)21(19(13)23(25(32)33)35-27(3,4)5)16-6-7-18-20-15(9-11-34-18)8-10-28-22(16)20/h6-8,10,12,23H,9,11H2,1-5H3,(H,32,33)(H,29,30,31). The average Bonchev–Trinajstić information content (AvgIpc) is 3.18. The van der Waals surface area contributed by atoms with E-state index in [0.717, 1.165) is 44.5 Å². The Labute approximate surface area is 212 Å². The molecule has 0 fully saturated rings. The molecule has 4 aromatic rings. The van der Waals surface area contributed by atoms with E-state index in [2.05, 4.69) is 10.3 Å². The normalized spacial score (nSPS) is 14.0. The van der Waals surface area contributed by atoms with Crippen molar-refractivity contribution in [3.63, 3.8) is 0 Å². The lowest BCUT2D eigenvalue weighted by atomic mass is 9.89. The molecule has 5 rings (SSSR count). The second kappa shape index (κ2) is 8.83.